The molecule has 2 aromatic carbocycles. The molecule has 0 bridgehead atoms. The van der Waals surface area contributed by atoms with E-state index in [0.29, 0.717) is 5.56 Å². The Morgan fingerprint density at radius 1 is 1.00 bits per heavy atom. The summed E-state index contributed by atoms with van der Waals surface area (Å²) < 4.78 is 51.1. The van der Waals surface area contributed by atoms with Gasteiger partial charge < -0.3 is 14.2 Å². The van der Waals surface area contributed by atoms with Gasteiger partial charge >= 0.3 is 6.18 Å². The van der Waals surface area contributed by atoms with Gasteiger partial charge in [-0.2, -0.15) is 18.2 Å². The second-order valence-corrected chi connectivity index (χ2v) is 6.87. The minimum absolute atomic E-state index is 0.0361. The molecule has 0 unspecified atom stereocenters. The number of hydrogen-bond acceptors (Lipinski definition) is 6. The molecule has 12 heteroatoms. The third-order valence-corrected chi connectivity index (χ3v) is 4.65. The lowest BCUT2D eigenvalue weighted by Crippen LogP contribution is -2.21. The summed E-state index contributed by atoms with van der Waals surface area (Å²) in [5.74, 6) is -2.03. The molecule has 0 amide bonds. The van der Waals surface area contributed by atoms with E-state index in [-0.39, 0.29) is 27.5 Å². The molecule has 4 aromatic rings. The molecule has 7 nitrogen and oxygen atoms in total. The van der Waals surface area contributed by atoms with Gasteiger partial charge in [-0.15, -0.1) is 0 Å². The predicted molar refractivity (Wildman–Crippen MR) is 105 cm³/mol. The van der Waals surface area contributed by atoms with Gasteiger partial charge in [-0.05, 0) is 24.3 Å². The number of hydrogen-bond donors (Lipinski definition) is 1. The fourth-order valence-electron chi connectivity index (χ4n) is 2.53. The summed E-state index contributed by atoms with van der Waals surface area (Å²) in [5.41, 5.74) is -2.22. The summed E-state index contributed by atoms with van der Waals surface area (Å²) in [7, 11) is 0. The van der Waals surface area contributed by atoms with Crippen LogP contribution in [0, 0.1) is 0 Å². The Balaban J connectivity index is 1.77. The predicted octanol–water partition coefficient (Wildman–Crippen LogP) is 5.60. The molecule has 4 rings (SSSR count). The Morgan fingerprint density at radius 2 is 1.74 bits per heavy atom. The number of nitrogens with one attached hydrogen (secondary N) is 1. The van der Waals surface area contributed by atoms with Crippen LogP contribution in [0.1, 0.15) is 5.69 Å². The van der Waals surface area contributed by atoms with E-state index in [9.17, 15) is 18.0 Å². The molecule has 0 saturated carbocycles. The Labute approximate surface area is 181 Å². The molecule has 31 heavy (non-hydrogen) atoms. The van der Waals surface area contributed by atoms with Crippen LogP contribution in [0.3, 0.4) is 0 Å². The number of benzene rings is 2. The van der Waals surface area contributed by atoms with Crippen molar-refractivity contribution in [1.29, 1.82) is 0 Å². The van der Waals surface area contributed by atoms with Gasteiger partial charge in [-0.3, -0.25) is 4.79 Å². The molecule has 0 aliphatic carbocycles. The van der Waals surface area contributed by atoms with Crippen molar-refractivity contribution >= 4 is 23.2 Å². The molecular weight excluding hydrogens is 460 g/mol. The minimum Gasteiger partial charge on any atom is -0.449 e. The molecule has 0 saturated heterocycles. The fraction of sp³-hybridized carbons (Fsp3) is 0.0526. The highest BCUT2D eigenvalue weighted by Crippen LogP contribution is 2.36. The monoisotopic (exact) mass is 468 g/mol. The fourth-order valence-corrected chi connectivity index (χ4v) is 2.82. The maximum absolute atomic E-state index is 13.6. The number of H-pyrrole nitrogens is 1. The highest BCUT2D eigenvalue weighted by molar-refractivity contribution is 6.42. The van der Waals surface area contributed by atoms with E-state index >= 15 is 0 Å². The zero-order chi connectivity index (χ0) is 22.2. The highest BCUT2D eigenvalue weighted by Gasteiger charge is 2.39. The first-order valence-electron chi connectivity index (χ1n) is 8.46. The Kier molecular flexibility index (Phi) is 5.42. The number of aromatic nitrogens is 4. The summed E-state index contributed by atoms with van der Waals surface area (Å²) in [6, 6.07) is 12.3. The molecule has 1 N–H and O–H groups in total. The zero-order valence-corrected chi connectivity index (χ0v) is 16.6. The summed E-state index contributed by atoms with van der Waals surface area (Å²) in [6.45, 7) is 0. The summed E-state index contributed by atoms with van der Waals surface area (Å²) in [6.07, 6.45) is -5.01. The number of halogens is 5. The first kappa shape index (κ1) is 20.9. The largest absolute Gasteiger partial charge is 0.449 e. The van der Waals surface area contributed by atoms with Crippen molar-refractivity contribution in [3.8, 4) is 34.6 Å². The maximum atomic E-state index is 13.6. The molecule has 0 radical (unpaired) electrons. The second kappa shape index (κ2) is 8.05. The highest BCUT2D eigenvalue weighted by atomic mass is 35.5. The summed E-state index contributed by atoms with van der Waals surface area (Å²) >= 11 is 11.6. The third-order valence-electron chi connectivity index (χ3n) is 3.91. The smallest absolute Gasteiger partial charge is 0.437 e. The number of nitrogens with zero attached hydrogens (tertiary/aromatic N) is 3. The van der Waals surface area contributed by atoms with Gasteiger partial charge in [0.05, 0.1) is 10.0 Å². The van der Waals surface area contributed by atoms with E-state index in [1.165, 1.54) is 18.2 Å². The molecule has 0 aliphatic heterocycles. The van der Waals surface area contributed by atoms with Crippen molar-refractivity contribution in [2.24, 2.45) is 0 Å². The maximum Gasteiger partial charge on any atom is 0.437 e. The Hall–Kier alpha value is -3.37. The van der Waals surface area contributed by atoms with Crippen LogP contribution in [-0.2, 0) is 6.18 Å². The molecule has 0 fully saturated rings. The lowest BCUT2D eigenvalue weighted by molar-refractivity contribution is -0.142. The molecule has 2 heterocycles. The van der Waals surface area contributed by atoms with Gasteiger partial charge in [0.1, 0.15) is 5.75 Å². The van der Waals surface area contributed by atoms with Gasteiger partial charge in [0, 0.05) is 11.6 Å². The number of ether oxygens (including phenoxy) is 1. The van der Waals surface area contributed by atoms with Crippen LogP contribution in [0.2, 0.25) is 10.0 Å². The van der Waals surface area contributed by atoms with Crippen LogP contribution < -0.4 is 10.3 Å². The van der Waals surface area contributed by atoms with Gasteiger partial charge in [-0.1, -0.05) is 46.6 Å². The van der Waals surface area contributed by atoms with Crippen LogP contribution in [0.15, 0.2) is 57.8 Å². The quantitative estimate of drug-likeness (QED) is 0.418. The van der Waals surface area contributed by atoms with Gasteiger partial charge in [0.15, 0.2) is 11.5 Å². The van der Waals surface area contributed by atoms with Crippen molar-refractivity contribution in [1.82, 2.24) is 20.1 Å². The van der Waals surface area contributed by atoms with Crippen LogP contribution in [0.4, 0.5) is 13.2 Å². The van der Waals surface area contributed by atoms with Crippen LogP contribution >= 0.6 is 23.2 Å². The first-order valence-corrected chi connectivity index (χ1v) is 9.22. The minimum atomic E-state index is -5.01. The lowest BCUT2D eigenvalue weighted by atomic mass is 10.2. The van der Waals surface area contributed by atoms with Crippen LogP contribution in [-0.4, -0.2) is 20.1 Å². The van der Waals surface area contributed by atoms with E-state index in [0.717, 1.165) is 0 Å². The number of rotatable bonds is 4. The molecule has 0 spiro atoms. The lowest BCUT2D eigenvalue weighted by Gasteiger charge is -2.13. The van der Waals surface area contributed by atoms with E-state index < -0.39 is 29.0 Å². The number of alkyl halides is 3. The van der Waals surface area contributed by atoms with E-state index in [1.807, 2.05) is 0 Å². The van der Waals surface area contributed by atoms with E-state index in [1.54, 1.807) is 30.3 Å². The topological polar surface area (TPSA) is 93.9 Å². The van der Waals surface area contributed by atoms with Crippen molar-refractivity contribution in [3.05, 3.63) is 74.6 Å². The van der Waals surface area contributed by atoms with Gasteiger partial charge in [-0.25, -0.2) is 4.98 Å². The summed E-state index contributed by atoms with van der Waals surface area (Å²) in [5, 5.41) is 3.80. The first-order chi connectivity index (χ1) is 14.7. The SMILES string of the molecule is O=c1[nH]c(-c2noc(-c3ccccc3)n2)nc(C(F)(F)F)c1Oc1ccc(Cl)c(Cl)c1. The molecular formula is C19H9Cl2F3N4O3. The number of aromatic amines is 1. The molecule has 0 aliphatic rings. The average molecular weight is 469 g/mol. The Bertz CT molecular complexity index is 1310. The second-order valence-electron chi connectivity index (χ2n) is 6.06. The third kappa shape index (κ3) is 4.39. The van der Waals surface area contributed by atoms with E-state index in [4.69, 9.17) is 32.5 Å². The Morgan fingerprint density at radius 3 is 2.42 bits per heavy atom. The van der Waals surface area contributed by atoms with Crippen molar-refractivity contribution in [2.45, 2.75) is 6.18 Å². The van der Waals surface area contributed by atoms with Crippen molar-refractivity contribution in [2.75, 3.05) is 0 Å². The summed E-state index contributed by atoms with van der Waals surface area (Å²) in [4.78, 5) is 22.1. The van der Waals surface area contributed by atoms with Crippen LogP contribution in [0.5, 0.6) is 11.5 Å². The van der Waals surface area contributed by atoms with Crippen molar-refractivity contribution in [3.63, 3.8) is 0 Å². The van der Waals surface area contributed by atoms with Crippen molar-refractivity contribution < 1.29 is 22.4 Å². The molecule has 158 valence electrons. The average Bonchev–Trinajstić information content (AvgIpc) is 3.22. The van der Waals surface area contributed by atoms with Gasteiger partial charge in [0.25, 0.3) is 11.4 Å². The van der Waals surface area contributed by atoms with Gasteiger partial charge in [0.2, 0.25) is 11.6 Å². The molecule has 2 aromatic heterocycles. The van der Waals surface area contributed by atoms with E-state index in [2.05, 4.69) is 20.1 Å². The standard InChI is InChI=1S/C19H9Cl2F3N4O3/c20-11-7-6-10(8-12(11)21)30-13-14(19(22,23)24)25-15(26-17(13)29)16-27-18(31-28-16)9-4-2-1-3-5-9/h1-8H,(H,25,26,29). The molecule has 0 atom stereocenters. The zero-order valence-electron chi connectivity index (χ0n) is 15.1. The normalized spacial score (nSPS) is 11.5. The van der Waals surface area contributed by atoms with Crippen LogP contribution in [0.25, 0.3) is 23.1 Å².